The van der Waals surface area contributed by atoms with E-state index in [0.717, 1.165) is 67.0 Å². The zero-order valence-corrected chi connectivity index (χ0v) is 31.9. The predicted octanol–water partition coefficient (Wildman–Crippen LogP) is 14.4. The molecule has 57 heavy (non-hydrogen) atoms. The van der Waals surface area contributed by atoms with Crippen LogP contribution in [0, 0.1) is 0 Å². The van der Waals surface area contributed by atoms with Gasteiger partial charge in [0.05, 0.1) is 28.3 Å². The first-order valence-corrected chi connectivity index (χ1v) is 19.7. The highest BCUT2D eigenvalue weighted by Crippen LogP contribution is 2.57. The SMILES string of the molecule is CC1(C)c2ccccc2-c2c(N(c3cccc4ccccc34)c3c(-c4ccccc4)n4nc(-c5ccccc5)c(-c5ccccc5)c4c4ccccc34)cccc21. The maximum Gasteiger partial charge on any atom is 0.101 e. The van der Waals surface area contributed by atoms with E-state index in [1.54, 1.807) is 0 Å². The second-order valence-electron chi connectivity index (χ2n) is 15.5. The lowest BCUT2D eigenvalue weighted by molar-refractivity contribution is 0.660. The van der Waals surface area contributed by atoms with Crippen molar-refractivity contribution in [1.29, 1.82) is 0 Å². The van der Waals surface area contributed by atoms with Crippen LogP contribution in [-0.2, 0) is 5.41 Å². The van der Waals surface area contributed by atoms with Crippen molar-refractivity contribution in [3.63, 3.8) is 0 Å². The highest BCUT2D eigenvalue weighted by atomic mass is 15.3. The number of hydrogen-bond donors (Lipinski definition) is 0. The molecule has 0 saturated heterocycles. The Balaban J connectivity index is 1.37. The molecule has 0 radical (unpaired) electrons. The lowest BCUT2D eigenvalue weighted by Crippen LogP contribution is -2.17. The lowest BCUT2D eigenvalue weighted by Gasteiger charge is -2.32. The fraction of sp³-hybridized carbons (Fsp3) is 0.0556. The van der Waals surface area contributed by atoms with Crippen molar-refractivity contribution in [1.82, 2.24) is 9.61 Å². The van der Waals surface area contributed by atoms with Crippen LogP contribution in [0.3, 0.4) is 0 Å². The Kier molecular flexibility index (Phi) is 7.52. The topological polar surface area (TPSA) is 20.5 Å². The molecule has 0 atom stereocenters. The highest BCUT2D eigenvalue weighted by molar-refractivity contribution is 6.17. The first-order chi connectivity index (χ1) is 28.1. The van der Waals surface area contributed by atoms with Crippen LogP contribution in [0.5, 0.6) is 0 Å². The molecule has 1 aliphatic rings. The first-order valence-electron chi connectivity index (χ1n) is 19.7. The molecule has 0 bridgehead atoms. The van der Waals surface area contributed by atoms with Crippen molar-refractivity contribution < 1.29 is 0 Å². The van der Waals surface area contributed by atoms with Crippen molar-refractivity contribution >= 4 is 44.1 Å². The number of rotatable bonds is 6. The number of benzene rings is 8. The average Bonchev–Trinajstić information content (AvgIpc) is 3.78. The molecule has 2 heterocycles. The van der Waals surface area contributed by atoms with Crippen LogP contribution in [0.4, 0.5) is 17.1 Å². The molecule has 0 spiro atoms. The molecule has 10 aromatic rings. The molecule has 0 aliphatic heterocycles. The van der Waals surface area contributed by atoms with Crippen molar-refractivity contribution in [2.24, 2.45) is 0 Å². The summed E-state index contributed by atoms with van der Waals surface area (Å²) in [5.41, 5.74) is 15.9. The fourth-order valence-electron chi connectivity index (χ4n) is 9.41. The minimum Gasteiger partial charge on any atom is -0.306 e. The van der Waals surface area contributed by atoms with Gasteiger partial charge in [0.15, 0.2) is 0 Å². The largest absolute Gasteiger partial charge is 0.306 e. The van der Waals surface area contributed by atoms with E-state index in [1.807, 2.05) is 0 Å². The number of hydrogen-bond acceptors (Lipinski definition) is 2. The van der Waals surface area contributed by atoms with Crippen LogP contribution in [-0.4, -0.2) is 9.61 Å². The Morgan fingerprint density at radius 3 is 1.74 bits per heavy atom. The predicted molar refractivity (Wildman–Crippen MR) is 239 cm³/mol. The Morgan fingerprint density at radius 1 is 0.439 bits per heavy atom. The van der Waals surface area contributed by atoms with E-state index in [0.29, 0.717) is 0 Å². The summed E-state index contributed by atoms with van der Waals surface area (Å²) in [7, 11) is 0. The smallest absolute Gasteiger partial charge is 0.101 e. The fourth-order valence-corrected chi connectivity index (χ4v) is 9.41. The molecule has 0 N–H and O–H groups in total. The third-order valence-electron chi connectivity index (χ3n) is 12.0. The van der Waals surface area contributed by atoms with E-state index in [-0.39, 0.29) is 5.41 Å². The van der Waals surface area contributed by atoms with Crippen LogP contribution >= 0.6 is 0 Å². The van der Waals surface area contributed by atoms with Gasteiger partial charge in [0, 0.05) is 43.8 Å². The minimum absolute atomic E-state index is 0.169. The molecule has 1 aliphatic carbocycles. The molecular weight excluding hydrogens is 691 g/mol. The number of nitrogens with zero attached hydrogens (tertiary/aromatic N) is 3. The van der Waals surface area contributed by atoms with Gasteiger partial charge in [-0.05, 0) is 39.8 Å². The molecule has 3 heteroatoms. The maximum absolute atomic E-state index is 5.70. The third kappa shape index (κ3) is 5.02. The zero-order chi connectivity index (χ0) is 38.1. The van der Waals surface area contributed by atoms with Crippen LogP contribution in [0.15, 0.2) is 200 Å². The van der Waals surface area contributed by atoms with Gasteiger partial charge < -0.3 is 4.90 Å². The summed E-state index contributed by atoms with van der Waals surface area (Å²) in [5, 5.41) is 10.4. The van der Waals surface area contributed by atoms with Gasteiger partial charge in [-0.3, -0.25) is 0 Å². The summed E-state index contributed by atoms with van der Waals surface area (Å²) in [6.45, 7) is 4.72. The number of fused-ring (bicyclic) bond motifs is 7. The summed E-state index contributed by atoms with van der Waals surface area (Å²) in [6.07, 6.45) is 0. The quantitative estimate of drug-likeness (QED) is 0.170. The van der Waals surface area contributed by atoms with Gasteiger partial charge in [0.2, 0.25) is 0 Å². The summed E-state index contributed by atoms with van der Waals surface area (Å²) in [4.78, 5) is 2.55. The highest BCUT2D eigenvalue weighted by Gasteiger charge is 2.39. The van der Waals surface area contributed by atoms with E-state index in [4.69, 9.17) is 5.10 Å². The van der Waals surface area contributed by atoms with Crippen molar-refractivity contribution in [3.05, 3.63) is 211 Å². The second kappa shape index (κ2) is 12.9. The van der Waals surface area contributed by atoms with Crippen LogP contribution in [0.1, 0.15) is 25.0 Å². The molecule has 3 nitrogen and oxygen atoms in total. The lowest BCUT2D eigenvalue weighted by atomic mass is 9.82. The van der Waals surface area contributed by atoms with Gasteiger partial charge in [-0.1, -0.05) is 202 Å². The molecule has 8 aromatic carbocycles. The summed E-state index contributed by atoms with van der Waals surface area (Å²) in [5.74, 6) is 0. The Labute approximate surface area is 332 Å². The molecule has 0 unspecified atom stereocenters. The molecule has 0 amide bonds. The Hall–Kier alpha value is -7.23. The van der Waals surface area contributed by atoms with E-state index in [2.05, 4.69) is 223 Å². The van der Waals surface area contributed by atoms with Crippen LogP contribution in [0.2, 0.25) is 0 Å². The van der Waals surface area contributed by atoms with Gasteiger partial charge in [0.1, 0.15) is 5.69 Å². The molecule has 0 fully saturated rings. The Bertz CT molecular complexity index is 3140. The standard InChI is InChI=1S/C54H39N3/c1-54(2)44-32-17-16-31-43(44)49-45(54)33-19-35-47(49)56(46-34-18-27-36-20-12-13-28-40(36)46)53-42-30-15-14-29-41(42)52-48(37-21-6-3-7-22-37)50(38-23-8-4-9-24-38)55-57(52)51(53)39-25-10-5-11-26-39/h3-35H,1-2H3. The van der Waals surface area contributed by atoms with E-state index >= 15 is 0 Å². The van der Waals surface area contributed by atoms with Gasteiger partial charge in [0.25, 0.3) is 0 Å². The van der Waals surface area contributed by atoms with E-state index < -0.39 is 0 Å². The monoisotopic (exact) mass is 729 g/mol. The Morgan fingerprint density at radius 2 is 0.982 bits per heavy atom. The number of aromatic nitrogens is 2. The number of anilines is 3. The number of pyridine rings is 1. The first kappa shape index (κ1) is 33.1. The maximum atomic E-state index is 5.70. The summed E-state index contributed by atoms with van der Waals surface area (Å²) < 4.78 is 2.25. The van der Waals surface area contributed by atoms with Crippen LogP contribution < -0.4 is 4.90 Å². The van der Waals surface area contributed by atoms with E-state index in [9.17, 15) is 0 Å². The van der Waals surface area contributed by atoms with Gasteiger partial charge >= 0.3 is 0 Å². The van der Waals surface area contributed by atoms with Gasteiger partial charge in [-0.15, -0.1) is 0 Å². The van der Waals surface area contributed by atoms with Crippen molar-refractivity contribution in [3.8, 4) is 44.8 Å². The summed E-state index contributed by atoms with van der Waals surface area (Å²) in [6, 6.07) is 72.5. The summed E-state index contributed by atoms with van der Waals surface area (Å²) >= 11 is 0. The molecule has 11 rings (SSSR count). The molecule has 2 aromatic heterocycles. The average molecular weight is 730 g/mol. The normalized spacial score (nSPS) is 12.9. The minimum atomic E-state index is -0.169. The third-order valence-corrected chi connectivity index (χ3v) is 12.0. The molecule has 0 saturated carbocycles. The second-order valence-corrected chi connectivity index (χ2v) is 15.5. The molecule has 270 valence electrons. The van der Waals surface area contributed by atoms with Crippen LogP contribution in [0.25, 0.3) is 71.8 Å². The van der Waals surface area contributed by atoms with E-state index in [1.165, 1.54) is 33.0 Å². The van der Waals surface area contributed by atoms with Crippen molar-refractivity contribution in [2.75, 3.05) is 4.90 Å². The molecular formula is C54H39N3. The van der Waals surface area contributed by atoms with Gasteiger partial charge in [-0.2, -0.15) is 5.10 Å². The van der Waals surface area contributed by atoms with Crippen molar-refractivity contribution in [2.45, 2.75) is 19.3 Å². The zero-order valence-electron chi connectivity index (χ0n) is 31.9. The van der Waals surface area contributed by atoms with Gasteiger partial charge in [-0.25, -0.2) is 4.52 Å².